The zero-order chi connectivity index (χ0) is 12.4. The second kappa shape index (κ2) is 6.73. The van der Waals surface area contributed by atoms with Crippen molar-refractivity contribution in [3.63, 3.8) is 0 Å². The first kappa shape index (κ1) is 14.8. The van der Waals surface area contributed by atoms with Gasteiger partial charge in [-0.05, 0) is 49.6 Å². The molecule has 2 aliphatic rings. The molecule has 1 saturated heterocycles. The molecule has 1 atom stereocenters. The molecule has 1 saturated carbocycles. The van der Waals surface area contributed by atoms with Gasteiger partial charge >= 0.3 is 0 Å². The summed E-state index contributed by atoms with van der Waals surface area (Å²) in [6, 6.07) is 4.56. The van der Waals surface area contributed by atoms with Crippen LogP contribution in [-0.2, 0) is 4.79 Å². The third-order valence-electron chi connectivity index (χ3n) is 3.85. The lowest BCUT2D eigenvalue weighted by molar-refractivity contribution is -0.131. The fourth-order valence-corrected chi connectivity index (χ4v) is 3.52. The van der Waals surface area contributed by atoms with Gasteiger partial charge in [0.15, 0.2) is 0 Å². The maximum atomic E-state index is 12.2. The van der Waals surface area contributed by atoms with E-state index in [1.165, 1.54) is 17.7 Å². The van der Waals surface area contributed by atoms with Gasteiger partial charge in [0.25, 0.3) is 0 Å². The highest BCUT2D eigenvalue weighted by atomic mass is 35.5. The Morgan fingerprint density at radius 2 is 2.26 bits per heavy atom. The van der Waals surface area contributed by atoms with E-state index in [4.69, 9.17) is 0 Å². The lowest BCUT2D eigenvalue weighted by Gasteiger charge is -2.24. The third kappa shape index (κ3) is 3.71. The van der Waals surface area contributed by atoms with Crippen LogP contribution in [-0.4, -0.2) is 30.4 Å². The summed E-state index contributed by atoms with van der Waals surface area (Å²) in [5.74, 6) is 1.11. The van der Waals surface area contributed by atoms with E-state index >= 15 is 0 Å². The van der Waals surface area contributed by atoms with E-state index in [0.29, 0.717) is 12.6 Å². The minimum absolute atomic E-state index is 0. The van der Waals surface area contributed by atoms with Crippen LogP contribution in [0.5, 0.6) is 0 Å². The summed E-state index contributed by atoms with van der Waals surface area (Å²) in [6.07, 6.45) is 4.93. The largest absolute Gasteiger partial charge is 0.334 e. The van der Waals surface area contributed by atoms with Gasteiger partial charge in [-0.15, -0.1) is 23.7 Å². The monoisotopic (exact) mass is 300 g/mol. The van der Waals surface area contributed by atoms with Crippen LogP contribution >= 0.6 is 23.7 Å². The number of likely N-dealkylation sites (tertiary alicyclic amines) is 1. The lowest BCUT2D eigenvalue weighted by atomic mass is 10.2. The van der Waals surface area contributed by atoms with E-state index in [9.17, 15) is 4.79 Å². The van der Waals surface area contributed by atoms with Gasteiger partial charge < -0.3 is 10.2 Å². The first-order valence-corrected chi connectivity index (χ1v) is 7.76. The van der Waals surface area contributed by atoms with Crippen LogP contribution < -0.4 is 5.32 Å². The van der Waals surface area contributed by atoms with Crippen molar-refractivity contribution in [2.75, 3.05) is 19.6 Å². The number of carbonyl (C=O) groups is 1. The topological polar surface area (TPSA) is 32.3 Å². The Labute approximate surface area is 124 Å². The lowest BCUT2D eigenvalue weighted by Crippen LogP contribution is -2.38. The Kier molecular flexibility index (Phi) is 5.25. The van der Waals surface area contributed by atoms with Crippen molar-refractivity contribution in [1.29, 1.82) is 0 Å². The maximum Gasteiger partial charge on any atom is 0.237 e. The molecule has 1 aromatic heterocycles. The van der Waals surface area contributed by atoms with Crippen molar-refractivity contribution in [3.8, 4) is 0 Å². The molecule has 2 heterocycles. The van der Waals surface area contributed by atoms with Crippen molar-refractivity contribution in [3.05, 3.63) is 22.4 Å². The van der Waals surface area contributed by atoms with Crippen molar-refractivity contribution in [2.24, 2.45) is 5.92 Å². The molecular formula is C14H21ClN2OS. The predicted molar refractivity (Wildman–Crippen MR) is 80.8 cm³/mol. The smallest absolute Gasteiger partial charge is 0.237 e. The number of carbonyl (C=O) groups excluding carboxylic acids is 1. The summed E-state index contributed by atoms with van der Waals surface area (Å²) >= 11 is 1.77. The Morgan fingerprint density at radius 3 is 2.95 bits per heavy atom. The first-order valence-electron chi connectivity index (χ1n) is 6.88. The van der Waals surface area contributed by atoms with Crippen molar-refractivity contribution >= 4 is 29.7 Å². The van der Waals surface area contributed by atoms with Crippen molar-refractivity contribution in [1.82, 2.24) is 10.2 Å². The Hall–Kier alpha value is -0.580. The van der Waals surface area contributed by atoms with Gasteiger partial charge in [0.1, 0.15) is 0 Å². The predicted octanol–water partition coefficient (Wildman–Crippen LogP) is 2.83. The number of nitrogens with one attached hydrogen (secondary N) is 1. The molecule has 0 aromatic carbocycles. The first-order chi connectivity index (χ1) is 8.84. The van der Waals surface area contributed by atoms with E-state index in [2.05, 4.69) is 27.7 Å². The second-order valence-corrected chi connectivity index (χ2v) is 6.31. The SMILES string of the molecule is Cl.O=C(CNCC1CC1)N1CCCC1c1cccs1. The maximum absolute atomic E-state index is 12.2. The molecule has 1 N–H and O–H groups in total. The van der Waals surface area contributed by atoms with Crippen LogP contribution in [0, 0.1) is 5.92 Å². The van der Waals surface area contributed by atoms with Gasteiger partial charge in [-0.1, -0.05) is 6.07 Å². The molecule has 1 aliphatic carbocycles. The molecule has 19 heavy (non-hydrogen) atoms. The van der Waals surface area contributed by atoms with Crippen LogP contribution in [0.3, 0.4) is 0 Å². The highest BCUT2D eigenvalue weighted by Crippen LogP contribution is 2.34. The van der Waals surface area contributed by atoms with Gasteiger partial charge in [-0.2, -0.15) is 0 Å². The van der Waals surface area contributed by atoms with E-state index in [1.807, 2.05) is 0 Å². The van der Waals surface area contributed by atoms with Crippen LogP contribution in [0.25, 0.3) is 0 Å². The van der Waals surface area contributed by atoms with Gasteiger partial charge in [0.05, 0.1) is 12.6 Å². The zero-order valence-electron chi connectivity index (χ0n) is 11.0. The van der Waals surface area contributed by atoms with Gasteiger partial charge in [0, 0.05) is 11.4 Å². The van der Waals surface area contributed by atoms with Crippen LogP contribution in [0.15, 0.2) is 17.5 Å². The highest BCUT2D eigenvalue weighted by Gasteiger charge is 2.30. The number of rotatable bonds is 5. The van der Waals surface area contributed by atoms with Gasteiger partial charge in [0.2, 0.25) is 5.91 Å². The van der Waals surface area contributed by atoms with E-state index in [-0.39, 0.29) is 18.3 Å². The van der Waals surface area contributed by atoms with Crippen molar-refractivity contribution in [2.45, 2.75) is 31.7 Å². The number of hydrogen-bond acceptors (Lipinski definition) is 3. The standard InChI is InChI=1S/C14H20N2OS.ClH/c17-14(10-15-9-11-5-6-11)16-7-1-3-12(16)13-4-2-8-18-13;/h2,4,8,11-12,15H,1,3,5-7,9-10H2;1H. The number of halogens is 1. The zero-order valence-corrected chi connectivity index (χ0v) is 12.6. The number of hydrogen-bond donors (Lipinski definition) is 1. The molecule has 3 nitrogen and oxygen atoms in total. The summed E-state index contributed by atoms with van der Waals surface area (Å²) < 4.78 is 0. The fourth-order valence-electron chi connectivity index (χ4n) is 2.65. The van der Waals surface area contributed by atoms with Crippen LogP contribution in [0.1, 0.15) is 36.6 Å². The highest BCUT2D eigenvalue weighted by molar-refractivity contribution is 7.10. The van der Waals surface area contributed by atoms with E-state index in [1.54, 1.807) is 11.3 Å². The minimum Gasteiger partial charge on any atom is -0.334 e. The Morgan fingerprint density at radius 1 is 1.42 bits per heavy atom. The second-order valence-electron chi connectivity index (χ2n) is 5.33. The molecule has 1 amide bonds. The molecule has 1 aliphatic heterocycles. The molecule has 106 valence electrons. The summed E-state index contributed by atoms with van der Waals surface area (Å²) in [4.78, 5) is 15.6. The average molecular weight is 301 g/mol. The summed E-state index contributed by atoms with van der Waals surface area (Å²) in [7, 11) is 0. The quantitative estimate of drug-likeness (QED) is 0.907. The van der Waals surface area contributed by atoms with Gasteiger partial charge in [-0.25, -0.2) is 0 Å². The van der Waals surface area contributed by atoms with Gasteiger partial charge in [-0.3, -0.25) is 4.79 Å². The molecule has 0 bridgehead atoms. The average Bonchev–Trinajstić information content (AvgIpc) is 2.88. The normalized spacial score (nSPS) is 22.3. The molecule has 3 rings (SSSR count). The third-order valence-corrected chi connectivity index (χ3v) is 4.82. The number of amides is 1. The molecule has 0 spiro atoms. The fraction of sp³-hybridized carbons (Fsp3) is 0.643. The molecule has 1 aromatic rings. The molecule has 1 unspecified atom stereocenters. The molecule has 5 heteroatoms. The summed E-state index contributed by atoms with van der Waals surface area (Å²) in [6.45, 7) is 2.45. The Balaban J connectivity index is 0.00000133. The van der Waals surface area contributed by atoms with Crippen LogP contribution in [0.2, 0.25) is 0 Å². The van der Waals surface area contributed by atoms with E-state index < -0.39 is 0 Å². The van der Waals surface area contributed by atoms with Crippen molar-refractivity contribution < 1.29 is 4.79 Å². The number of thiophene rings is 1. The molecule has 2 fully saturated rings. The number of nitrogens with zero attached hydrogens (tertiary/aromatic N) is 1. The summed E-state index contributed by atoms with van der Waals surface area (Å²) in [5, 5.41) is 5.40. The summed E-state index contributed by atoms with van der Waals surface area (Å²) in [5.41, 5.74) is 0. The van der Waals surface area contributed by atoms with E-state index in [0.717, 1.165) is 31.8 Å². The molecular weight excluding hydrogens is 280 g/mol. The minimum atomic E-state index is 0. The molecule has 0 radical (unpaired) electrons. The van der Waals surface area contributed by atoms with Crippen LogP contribution in [0.4, 0.5) is 0 Å². The Bertz CT molecular complexity index is 406.